The van der Waals surface area contributed by atoms with Gasteiger partial charge in [0.2, 0.25) is 11.8 Å². The fourth-order valence-corrected chi connectivity index (χ4v) is 3.41. The molecule has 0 aromatic heterocycles. The summed E-state index contributed by atoms with van der Waals surface area (Å²) in [6.07, 6.45) is 4.80. The Labute approximate surface area is 137 Å². The first-order chi connectivity index (χ1) is 11.2. The van der Waals surface area contributed by atoms with Crippen molar-refractivity contribution in [2.45, 2.75) is 45.1 Å². The summed E-state index contributed by atoms with van der Waals surface area (Å²) in [5.41, 5.74) is 0.828. The van der Waals surface area contributed by atoms with Crippen LogP contribution in [-0.4, -0.2) is 31.0 Å². The smallest absolute Gasteiger partial charge is 0.227 e. The molecule has 1 aliphatic carbocycles. The average molecular weight is 316 g/mol. The molecule has 124 valence electrons. The van der Waals surface area contributed by atoms with Crippen LogP contribution in [0.4, 0.5) is 5.69 Å². The Bertz CT molecular complexity index is 564. The van der Waals surface area contributed by atoms with Crippen LogP contribution in [0.2, 0.25) is 0 Å². The molecule has 1 aliphatic heterocycles. The molecule has 1 saturated carbocycles. The Balaban J connectivity index is 1.61. The predicted octanol–water partition coefficient (Wildman–Crippen LogP) is 2.50. The summed E-state index contributed by atoms with van der Waals surface area (Å²) < 4.78 is 5.42. The van der Waals surface area contributed by atoms with Gasteiger partial charge in [0, 0.05) is 24.7 Å². The van der Waals surface area contributed by atoms with Gasteiger partial charge in [-0.15, -0.1) is 0 Å². The molecule has 1 N–H and O–H groups in total. The number of carbonyl (C=O) groups is 2. The Morgan fingerprint density at radius 1 is 1.26 bits per heavy atom. The van der Waals surface area contributed by atoms with Crippen LogP contribution in [0.1, 0.15) is 39.0 Å². The minimum Gasteiger partial charge on any atom is -0.494 e. The predicted molar refractivity (Wildman–Crippen MR) is 88.5 cm³/mol. The van der Waals surface area contributed by atoms with Crippen LogP contribution in [0, 0.1) is 5.92 Å². The molecule has 1 heterocycles. The molecule has 2 aliphatic rings. The van der Waals surface area contributed by atoms with Gasteiger partial charge in [0.1, 0.15) is 5.75 Å². The number of ether oxygens (including phenoxy) is 1. The standard InChI is InChI=1S/C18H24N2O3/c1-2-23-16-9-7-15(8-10-16)20-12-13(11-17(20)21)18(22)19-14-5-3-4-6-14/h7-10,13-14H,2-6,11-12H2,1H3,(H,19,22). The van der Waals surface area contributed by atoms with Crippen molar-refractivity contribution in [3.8, 4) is 5.75 Å². The number of benzene rings is 1. The van der Waals surface area contributed by atoms with Crippen molar-refractivity contribution in [3.05, 3.63) is 24.3 Å². The van der Waals surface area contributed by atoms with Gasteiger partial charge in [-0.05, 0) is 44.0 Å². The average Bonchev–Trinajstić information content (AvgIpc) is 3.18. The third-order valence-corrected chi connectivity index (χ3v) is 4.66. The molecule has 0 spiro atoms. The second-order valence-corrected chi connectivity index (χ2v) is 6.32. The van der Waals surface area contributed by atoms with Crippen molar-refractivity contribution >= 4 is 17.5 Å². The van der Waals surface area contributed by atoms with Gasteiger partial charge in [-0.3, -0.25) is 9.59 Å². The molecule has 0 radical (unpaired) electrons. The number of nitrogens with one attached hydrogen (secondary N) is 1. The van der Waals surface area contributed by atoms with Crippen molar-refractivity contribution in [2.75, 3.05) is 18.1 Å². The lowest BCUT2D eigenvalue weighted by Gasteiger charge is -2.18. The summed E-state index contributed by atoms with van der Waals surface area (Å²) in [6, 6.07) is 7.77. The topological polar surface area (TPSA) is 58.6 Å². The molecule has 1 atom stereocenters. The van der Waals surface area contributed by atoms with Crippen LogP contribution in [0.5, 0.6) is 5.75 Å². The van der Waals surface area contributed by atoms with Gasteiger partial charge in [-0.2, -0.15) is 0 Å². The van der Waals surface area contributed by atoms with Crippen molar-refractivity contribution in [3.63, 3.8) is 0 Å². The molecule has 1 aromatic carbocycles. The molecule has 5 nitrogen and oxygen atoms in total. The number of amides is 2. The first-order valence-corrected chi connectivity index (χ1v) is 8.51. The number of carbonyl (C=O) groups excluding carboxylic acids is 2. The fourth-order valence-electron chi connectivity index (χ4n) is 3.41. The Kier molecular flexibility index (Phi) is 4.84. The highest BCUT2D eigenvalue weighted by atomic mass is 16.5. The molecular weight excluding hydrogens is 292 g/mol. The fraction of sp³-hybridized carbons (Fsp3) is 0.556. The molecule has 1 unspecified atom stereocenters. The molecule has 5 heteroatoms. The van der Waals surface area contributed by atoms with E-state index in [0.717, 1.165) is 24.3 Å². The van der Waals surface area contributed by atoms with E-state index in [2.05, 4.69) is 5.32 Å². The van der Waals surface area contributed by atoms with Crippen LogP contribution in [-0.2, 0) is 9.59 Å². The second-order valence-electron chi connectivity index (χ2n) is 6.32. The SMILES string of the molecule is CCOc1ccc(N2CC(C(=O)NC3CCCC3)CC2=O)cc1. The van der Waals surface area contributed by atoms with Crippen LogP contribution < -0.4 is 15.0 Å². The minimum absolute atomic E-state index is 0.0146. The molecular formula is C18H24N2O3. The molecule has 2 fully saturated rings. The van der Waals surface area contributed by atoms with Gasteiger partial charge in [0.25, 0.3) is 0 Å². The highest BCUT2D eigenvalue weighted by Crippen LogP contribution is 2.27. The molecule has 1 aromatic rings. The van der Waals surface area contributed by atoms with E-state index in [9.17, 15) is 9.59 Å². The minimum atomic E-state index is -0.241. The monoisotopic (exact) mass is 316 g/mol. The lowest BCUT2D eigenvalue weighted by molar-refractivity contribution is -0.126. The maximum Gasteiger partial charge on any atom is 0.227 e. The first-order valence-electron chi connectivity index (χ1n) is 8.51. The van der Waals surface area contributed by atoms with Gasteiger partial charge in [0.15, 0.2) is 0 Å². The molecule has 3 rings (SSSR count). The maximum absolute atomic E-state index is 12.4. The van der Waals surface area contributed by atoms with Crippen molar-refractivity contribution in [1.29, 1.82) is 0 Å². The second kappa shape index (κ2) is 7.02. The zero-order valence-corrected chi connectivity index (χ0v) is 13.6. The summed E-state index contributed by atoms with van der Waals surface area (Å²) in [5.74, 6) is 0.590. The number of hydrogen-bond donors (Lipinski definition) is 1. The number of rotatable bonds is 5. The van der Waals surface area contributed by atoms with E-state index in [1.54, 1.807) is 4.90 Å². The van der Waals surface area contributed by atoms with E-state index in [4.69, 9.17) is 4.74 Å². The third-order valence-electron chi connectivity index (χ3n) is 4.66. The van der Waals surface area contributed by atoms with E-state index >= 15 is 0 Å². The quantitative estimate of drug-likeness (QED) is 0.908. The van der Waals surface area contributed by atoms with Crippen LogP contribution >= 0.6 is 0 Å². The van der Waals surface area contributed by atoms with E-state index < -0.39 is 0 Å². The number of anilines is 1. The molecule has 0 bridgehead atoms. The molecule has 1 saturated heterocycles. The van der Waals surface area contributed by atoms with E-state index in [1.165, 1.54) is 12.8 Å². The number of nitrogens with zero attached hydrogens (tertiary/aromatic N) is 1. The molecule has 2 amide bonds. The summed E-state index contributed by atoms with van der Waals surface area (Å²) in [6.45, 7) is 3.02. The Hall–Kier alpha value is -2.04. The highest BCUT2D eigenvalue weighted by molar-refractivity contribution is 6.00. The van der Waals surface area contributed by atoms with Gasteiger partial charge < -0.3 is 15.0 Å². The van der Waals surface area contributed by atoms with Crippen molar-refractivity contribution < 1.29 is 14.3 Å². The zero-order chi connectivity index (χ0) is 16.2. The van der Waals surface area contributed by atoms with E-state index in [0.29, 0.717) is 25.6 Å². The van der Waals surface area contributed by atoms with E-state index in [-0.39, 0.29) is 17.7 Å². The largest absolute Gasteiger partial charge is 0.494 e. The summed E-state index contributed by atoms with van der Waals surface area (Å²) >= 11 is 0. The van der Waals surface area contributed by atoms with Gasteiger partial charge in [0.05, 0.1) is 12.5 Å². The Morgan fingerprint density at radius 2 is 1.96 bits per heavy atom. The van der Waals surface area contributed by atoms with Crippen molar-refractivity contribution in [2.24, 2.45) is 5.92 Å². The number of hydrogen-bond acceptors (Lipinski definition) is 3. The normalized spacial score (nSPS) is 21.7. The van der Waals surface area contributed by atoms with Gasteiger partial charge >= 0.3 is 0 Å². The first kappa shape index (κ1) is 15.8. The highest BCUT2D eigenvalue weighted by Gasteiger charge is 2.36. The van der Waals surface area contributed by atoms with Crippen molar-refractivity contribution in [1.82, 2.24) is 5.32 Å². The molecule has 23 heavy (non-hydrogen) atoms. The summed E-state index contributed by atoms with van der Waals surface area (Å²) in [5, 5.41) is 3.10. The lowest BCUT2D eigenvalue weighted by atomic mass is 10.1. The van der Waals surface area contributed by atoms with Gasteiger partial charge in [-0.1, -0.05) is 12.8 Å². The third kappa shape index (κ3) is 3.66. The van der Waals surface area contributed by atoms with Gasteiger partial charge in [-0.25, -0.2) is 0 Å². The zero-order valence-electron chi connectivity index (χ0n) is 13.6. The van der Waals surface area contributed by atoms with E-state index in [1.807, 2.05) is 31.2 Å². The lowest BCUT2D eigenvalue weighted by Crippen LogP contribution is -2.38. The van der Waals surface area contributed by atoms with Crippen LogP contribution in [0.25, 0.3) is 0 Å². The maximum atomic E-state index is 12.4. The Morgan fingerprint density at radius 3 is 2.61 bits per heavy atom. The van der Waals surface area contributed by atoms with Crippen LogP contribution in [0.3, 0.4) is 0 Å². The summed E-state index contributed by atoms with van der Waals surface area (Å²) in [4.78, 5) is 26.3. The summed E-state index contributed by atoms with van der Waals surface area (Å²) in [7, 11) is 0. The van der Waals surface area contributed by atoms with Crippen LogP contribution in [0.15, 0.2) is 24.3 Å².